The Kier molecular flexibility index (Phi) is 13.6. The molecular weight excluding hydrogens is 368 g/mol. The molecule has 0 atom stereocenters. The van der Waals surface area contributed by atoms with Crippen LogP contribution in [0.2, 0.25) is 0 Å². The Morgan fingerprint density at radius 1 is 0.357 bits per heavy atom. The summed E-state index contributed by atoms with van der Waals surface area (Å²) in [5, 5.41) is 0. The van der Waals surface area contributed by atoms with Crippen LogP contribution in [0.1, 0.15) is 77.0 Å². The third-order valence-electron chi connectivity index (χ3n) is 4.24. The third-order valence-corrected chi connectivity index (χ3v) is 4.24. The van der Waals surface area contributed by atoms with Crippen LogP contribution < -0.4 is 0 Å². The highest BCUT2D eigenvalue weighted by Crippen LogP contribution is 2.09. The minimum Gasteiger partial charge on any atom is -0.462 e. The van der Waals surface area contributed by atoms with E-state index in [4.69, 9.17) is 18.9 Å². The molecule has 0 spiro atoms. The molecule has 1 saturated heterocycles. The predicted octanol–water partition coefficient (Wildman–Crippen LogP) is 2.85. The lowest BCUT2D eigenvalue weighted by atomic mass is 10.1. The summed E-state index contributed by atoms with van der Waals surface area (Å²) in [4.78, 5) is 46.3. The van der Waals surface area contributed by atoms with Gasteiger partial charge in [-0.3, -0.25) is 19.2 Å². The van der Waals surface area contributed by atoms with E-state index in [9.17, 15) is 19.2 Å². The van der Waals surface area contributed by atoms with Crippen LogP contribution in [0.4, 0.5) is 0 Å². The Morgan fingerprint density at radius 2 is 0.571 bits per heavy atom. The summed E-state index contributed by atoms with van der Waals surface area (Å²) in [6, 6.07) is 0. The fourth-order valence-corrected chi connectivity index (χ4v) is 2.70. The first-order chi connectivity index (χ1) is 13.6. The van der Waals surface area contributed by atoms with Gasteiger partial charge in [-0.2, -0.15) is 0 Å². The molecule has 1 heterocycles. The number of carbonyl (C=O) groups is 4. The average Bonchev–Trinajstić information content (AvgIpc) is 2.67. The zero-order chi connectivity index (χ0) is 20.5. The highest BCUT2D eigenvalue weighted by atomic mass is 16.6. The van der Waals surface area contributed by atoms with E-state index in [1.807, 2.05) is 0 Å². The van der Waals surface area contributed by atoms with Crippen molar-refractivity contribution in [3.05, 3.63) is 0 Å². The maximum atomic E-state index is 11.6. The minimum atomic E-state index is -0.306. The van der Waals surface area contributed by atoms with E-state index in [0.29, 0.717) is 51.4 Å². The van der Waals surface area contributed by atoms with Gasteiger partial charge in [0.25, 0.3) is 0 Å². The molecule has 0 aromatic heterocycles. The van der Waals surface area contributed by atoms with E-state index in [2.05, 4.69) is 0 Å². The van der Waals surface area contributed by atoms with Gasteiger partial charge in [-0.15, -0.1) is 0 Å². The first kappa shape index (κ1) is 23.9. The summed E-state index contributed by atoms with van der Waals surface area (Å²) < 4.78 is 20.1. The molecule has 8 nitrogen and oxygen atoms in total. The molecule has 1 aliphatic rings. The first-order valence-corrected chi connectivity index (χ1v) is 10.2. The van der Waals surface area contributed by atoms with E-state index >= 15 is 0 Å². The summed E-state index contributed by atoms with van der Waals surface area (Å²) in [5.74, 6) is -1.22. The number of hydrogen-bond acceptors (Lipinski definition) is 8. The fraction of sp³-hybridized carbons (Fsp3) is 0.800. The Bertz CT molecular complexity index is 401. The van der Waals surface area contributed by atoms with Gasteiger partial charge in [0, 0.05) is 25.7 Å². The largest absolute Gasteiger partial charge is 0.462 e. The van der Waals surface area contributed by atoms with Gasteiger partial charge < -0.3 is 18.9 Å². The van der Waals surface area contributed by atoms with Crippen molar-refractivity contribution in [3.63, 3.8) is 0 Å². The molecule has 28 heavy (non-hydrogen) atoms. The summed E-state index contributed by atoms with van der Waals surface area (Å²) in [5.41, 5.74) is 0. The van der Waals surface area contributed by atoms with E-state index in [1.54, 1.807) is 0 Å². The van der Waals surface area contributed by atoms with Crippen molar-refractivity contribution >= 4 is 23.9 Å². The lowest BCUT2D eigenvalue weighted by molar-refractivity contribution is -0.152. The topological polar surface area (TPSA) is 105 Å². The number of carbonyl (C=O) groups excluding carboxylic acids is 4. The number of ether oxygens (including phenoxy) is 4. The molecule has 0 aromatic rings. The third kappa shape index (κ3) is 14.0. The van der Waals surface area contributed by atoms with Crippen LogP contribution in [0.3, 0.4) is 0 Å². The second-order valence-electron chi connectivity index (χ2n) is 6.71. The highest BCUT2D eigenvalue weighted by molar-refractivity contribution is 5.70. The number of hydrogen-bond donors (Lipinski definition) is 0. The molecule has 0 N–H and O–H groups in total. The van der Waals surface area contributed by atoms with Gasteiger partial charge in [0.05, 0.1) is 0 Å². The highest BCUT2D eigenvalue weighted by Gasteiger charge is 2.08. The quantitative estimate of drug-likeness (QED) is 0.451. The summed E-state index contributed by atoms with van der Waals surface area (Å²) in [7, 11) is 0. The molecule has 1 aliphatic heterocycles. The maximum Gasteiger partial charge on any atom is 0.305 e. The Labute approximate surface area is 166 Å². The van der Waals surface area contributed by atoms with Crippen molar-refractivity contribution in [2.45, 2.75) is 77.0 Å². The van der Waals surface area contributed by atoms with Crippen LogP contribution in [0.25, 0.3) is 0 Å². The molecule has 0 aliphatic carbocycles. The normalized spacial score (nSPS) is 21.4. The molecule has 0 unspecified atom stereocenters. The van der Waals surface area contributed by atoms with Crippen LogP contribution in [-0.2, 0) is 38.1 Å². The summed E-state index contributed by atoms with van der Waals surface area (Å²) >= 11 is 0. The molecule has 0 aromatic carbocycles. The second kappa shape index (κ2) is 15.9. The van der Waals surface area contributed by atoms with Crippen LogP contribution in [0.5, 0.6) is 0 Å². The van der Waals surface area contributed by atoms with Gasteiger partial charge in [0.1, 0.15) is 26.4 Å². The van der Waals surface area contributed by atoms with Gasteiger partial charge in [-0.05, 0) is 25.7 Å². The van der Waals surface area contributed by atoms with E-state index in [0.717, 1.165) is 25.7 Å². The average molecular weight is 400 g/mol. The molecule has 0 bridgehead atoms. The van der Waals surface area contributed by atoms with Gasteiger partial charge in [-0.1, -0.05) is 25.7 Å². The number of cyclic esters (lactones) is 4. The van der Waals surface area contributed by atoms with Crippen molar-refractivity contribution < 1.29 is 38.1 Å². The monoisotopic (exact) mass is 400 g/mol. The SMILES string of the molecule is O=C1CCCCCCC(=O)OCCOC(=O)CCCCCCC(=O)OCCO1. The fourth-order valence-electron chi connectivity index (χ4n) is 2.70. The minimum absolute atomic E-state index is 0.0680. The van der Waals surface area contributed by atoms with E-state index < -0.39 is 0 Å². The maximum absolute atomic E-state index is 11.6. The smallest absolute Gasteiger partial charge is 0.305 e. The van der Waals surface area contributed by atoms with E-state index in [1.165, 1.54) is 0 Å². The zero-order valence-electron chi connectivity index (χ0n) is 16.6. The molecule has 0 amide bonds. The Morgan fingerprint density at radius 3 is 0.786 bits per heavy atom. The van der Waals surface area contributed by atoms with Crippen LogP contribution in [0.15, 0.2) is 0 Å². The molecule has 8 heteroatoms. The van der Waals surface area contributed by atoms with Crippen LogP contribution in [-0.4, -0.2) is 50.3 Å². The van der Waals surface area contributed by atoms with Crippen molar-refractivity contribution in [1.82, 2.24) is 0 Å². The number of esters is 4. The van der Waals surface area contributed by atoms with Crippen molar-refractivity contribution in [3.8, 4) is 0 Å². The van der Waals surface area contributed by atoms with E-state index in [-0.39, 0.29) is 50.3 Å². The molecule has 160 valence electrons. The molecular formula is C20H32O8. The van der Waals surface area contributed by atoms with Crippen molar-refractivity contribution in [2.75, 3.05) is 26.4 Å². The van der Waals surface area contributed by atoms with Gasteiger partial charge in [-0.25, -0.2) is 0 Å². The summed E-state index contributed by atoms with van der Waals surface area (Å²) in [6.45, 7) is 0.272. The molecule has 1 fully saturated rings. The molecule has 1 rings (SSSR count). The van der Waals surface area contributed by atoms with Gasteiger partial charge >= 0.3 is 23.9 Å². The van der Waals surface area contributed by atoms with Gasteiger partial charge in [0.15, 0.2) is 0 Å². The van der Waals surface area contributed by atoms with Crippen LogP contribution in [0, 0.1) is 0 Å². The Balaban J connectivity index is 2.29. The molecule has 0 radical (unpaired) electrons. The Hall–Kier alpha value is -2.12. The predicted molar refractivity (Wildman–Crippen MR) is 99.2 cm³/mol. The van der Waals surface area contributed by atoms with Gasteiger partial charge in [0.2, 0.25) is 0 Å². The lowest BCUT2D eigenvalue weighted by Gasteiger charge is -2.08. The number of rotatable bonds is 0. The second-order valence-corrected chi connectivity index (χ2v) is 6.71. The zero-order valence-corrected chi connectivity index (χ0v) is 16.6. The standard InChI is InChI=1S/C20H32O8/c21-17-9-5-1-2-6-10-18(22)26-15-16-28-20(24)12-8-4-3-7-11-19(23)27-14-13-25-17/h1-16H2. The van der Waals surface area contributed by atoms with Crippen LogP contribution >= 0.6 is 0 Å². The first-order valence-electron chi connectivity index (χ1n) is 10.2. The molecule has 0 saturated carbocycles. The van der Waals surface area contributed by atoms with Crippen molar-refractivity contribution in [1.29, 1.82) is 0 Å². The van der Waals surface area contributed by atoms with Crippen molar-refractivity contribution in [2.24, 2.45) is 0 Å². The lowest BCUT2D eigenvalue weighted by Crippen LogP contribution is -2.14. The summed E-state index contributed by atoms with van der Waals surface area (Å²) in [6.07, 6.45) is 7.23.